The van der Waals surface area contributed by atoms with Crippen LogP contribution in [-0.2, 0) is 37.7 Å². The van der Waals surface area contributed by atoms with Gasteiger partial charge in [0.2, 0.25) is 20.0 Å². The predicted molar refractivity (Wildman–Crippen MR) is 246 cm³/mol. The van der Waals surface area contributed by atoms with Crippen LogP contribution in [-0.4, -0.2) is 56.8 Å². The molecule has 2 aliphatic carbocycles. The lowest BCUT2D eigenvalue weighted by molar-refractivity contribution is 0.284. The highest BCUT2D eigenvalue weighted by Crippen LogP contribution is 2.46. The number of benzene rings is 4. The number of halogens is 1. The van der Waals surface area contributed by atoms with Crippen molar-refractivity contribution in [2.24, 2.45) is 0 Å². The highest BCUT2D eigenvalue weighted by molar-refractivity contribution is 7.89. The Labute approximate surface area is 373 Å². The molecule has 0 unspecified atom stereocenters. The molecule has 6 N–H and O–H groups in total. The number of hydrogen-bond donors (Lipinski definition) is 6. The van der Waals surface area contributed by atoms with Crippen LogP contribution in [0, 0.1) is 0 Å². The van der Waals surface area contributed by atoms with E-state index in [9.17, 15) is 46.2 Å². The van der Waals surface area contributed by atoms with E-state index in [1.807, 2.05) is 36.4 Å². The Kier molecular flexibility index (Phi) is 11.5. The first kappa shape index (κ1) is 44.6. The molecule has 6 aromatic carbocycles. The number of nitrogens with one attached hydrogen (secondary N) is 4. The van der Waals surface area contributed by atoms with Crippen molar-refractivity contribution in [1.29, 1.82) is 0 Å². The Balaban J connectivity index is 1.02. The summed E-state index contributed by atoms with van der Waals surface area (Å²) in [5.41, 5.74) is -2.84. The van der Waals surface area contributed by atoms with Crippen LogP contribution in [0.5, 0.6) is 11.5 Å². The zero-order chi connectivity index (χ0) is 45.9. The van der Waals surface area contributed by atoms with E-state index in [2.05, 4.69) is 21.3 Å². The van der Waals surface area contributed by atoms with Gasteiger partial charge >= 0.3 is 0 Å². The predicted octanol–water partition coefficient (Wildman–Crippen LogP) is 5.87. The average molecular weight is 929 g/mol. The third kappa shape index (κ3) is 7.51. The summed E-state index contributed by atoms with van der Waals surface area (Å²) in [4.78, 5) is 50.7. The molecule has 0 amide bonds. The van der Waals surface area contributed by atoms with Crippen LogP contribution in [0.2, 0.25) is 5.02 Å². The second-order valence-corrected chi connectivity index (χ2v) is 21.1. The van der Waals surface area contributed by atoms with Crippen molar-refractivity contribution in [3.8, 4) is 11.5 Å². The van der Waals surface area contributed by atoms with Gasteiger partial charge in [-0.05, 0) is 73.1 Å². The number of para-hydroxylation sites is 1. The number of phenolic OH excluding ortho intramolecular Hbond substituents is 2. The first-order valence-electron chi connectivity index (χ1n) is 20.5. The zero-order valence-corrected chi connectivity index (χ0v) is 37.4. The van der Waals surface area contributed by atoms with Gasteiger partial charge in [-0.3, -0.25) is 19.2 Å². The quantitative estimate of drug-likeness (QED) is 0.0493. The van der Waals surface area contributed by atoms with E-state index in [4.69, 9.17) is 11.6 Å². The van der Waals surface area contributed by atoms with E-state index in [-0.39, 0.29) is 45.7 Å². The Morgan fingerprint density at radius 2 is 1.11 bits per heavy atom. The van der Waals surface area contributed by atoms with Gasteiger partial charge in [-0.2, -0.15) is 4.31 Å². The minimum absolute atomic E-state index is 0.0577. The maximum absolute atomic E-state index is 14.1. The Hall–Kier alpha value is -6.05. The highest BCUT2D eigenvalue weighted by atomic mass is 35.5. The van der Waals surface area contributed by atoms with Crippen molar-refractivity contribution >= 4 is 65.8 Å². The molecule has 0 aliphatic heterocycles. The molecule has 19 heteroatoms. The molecule has 0 atom stereocenters. The molecule has 8 rings (SSSR count). The molecule has 0 spiro atoms. The SMILES string of the molecule is CN(C)S(=O)(=O)c1c(Cl)ccc(Nc2c(NC3(c4cccc(CN(C)S(=O)(=O)c5cccc(Nc6c(NC7(c8ccccc8)CCC7)c(=O)c6=O)c5O)c4)CCCC3)c(=O)c2=O)c1O. The molecule has 0 heterocycles. The largest absolute Gasteiger partial charge is 0.504 e. The number of aromatic hydroxyl groups is 2. The van der Waals surface area contributed by atoms with Gasteiger partial charge in [0.15, 0.2) is 11.5 Å². The van der Waals surface area contributed by atoms with Crippen molar-refractivity contribution in [2.45, 2.75) is 72.4 Å². The van der Waals surface area contributed by atoms with Gasteiger partial charge in [0, 0.05) is 27.7 Å². The fraction of sp³-hybridized carbons (Fsp3) is 0.289. The standard InChI is InChI=1S/C45H45ClN6O10S2/c1-51(2)64(61,62)43-29(46)18-19-31(38(43)54)48-34-36(42(58)40(34)56)50-45(20-7-8-21-45)28-15-9-12-26(24-28)25-52(3)63(59,60)32-17-10-16-30(37(32)53)47-33-35(41(57)39(33)55)49-44(22-11-23-44)27-13-5-4-6-14-27/h4-6,9-10,12-19,24,47-50,53-54H,7-8,11,20-23,25H2,1-3H3. The van der Waals surface area contributed by atoms with Crippen molar-refractivity contribution in [3.05, 3.63) is 148 Å². The molecule has 16 nitrogen and oxygen atoms in total. The molecule has 0 bridgehead atoms. The molecular weight excluding hydrogens is 884 g/mol. The molecular formula is C45H45ClN6O10S2. The summed E-state index contributed by atoms with van der Waals surface area (Å²) < 4.78 is 56.0. The maximum atomic E-state index is 14.1. The molecule has 0 radical (unpaired) electrons. The molecule has 2 saturated carbocycles. The third-order valence-corrected chi connectivity index (χ3v) is 16.6. The van der Waals surface area contributed by atoms with Crippen LogP contribution in [0.4, 0.5) is 34.1 Å². The minimum atomic E-state index is -4.37. The van der Waals surface area contributed by atoms with E-state index in [1.165, 1.54) is 51.5 Å². The van der Waals surface area contributed by atoms with Crippen LogP contribution in [0.15, 0.2) is 114 Å². The third-order valence-electron chi connectivity index (χ3n) is 12.5. The lowest BCUT2D eigenvalue weighted by Crippen LogP contribution is -2.47. The van der Waals surface area contributed by atoms with E-state index in [1.54, 1.807) is 18.2 Å². The van der Waals surface area contributed by atoms with Gasteiger partial charge in [0.1, 0.15) is 32.5 Å². The number of rotatable bonds is 16. The van der Waals surface area contributed by atoms with Crippen molar-refractivity contribution in [1.82, 2.24) is 8.61 Å². The summed E-state index contributed by atoms with van der Waals surface area (Å²) in [6.45, 7) is -0.141. The molecule has 2 aliphatic rings. The summed E-state index contributed by atoms with van der Waals surface area (Å²) in [5.74, 6) is -1.37. The number of sulfonamides is 2. The van der Waals surface area contributed by atoms with Gasteiger partial charge in [-0.1, -0.05) is 85.1 Å². The van der Waals surface area contributed by atoms with Crippen LogP contribution in [0.25, 0.3) is 0 Å². The number of hydrogen-bond acceptors (Lipinski definition) is 14. The zero-order valence-electron chi connectivity index (χ0n) is 35.0. The second kappa shape index (κ2) is 16.5. The minimum Gasteiger partial charge on any atom is -0.504 e. The van der Waals surface area contributed by atoms with Gasteiger partial charge < -0.3 is 31.5 Å². The Morgan fingerprint density at radius 3 is 1.67 bits per heavy atom. The van der Waals surface area contributed by atoms with Gasteiger partial charge in [-0.25, -0.2) is 21.1 Å². The first-order valence-corrected chi connectivity index (χ1v) is 23.7. The van der Waals surface area contributed by atoms with Gasteiger partial charge in [-0.15, -0.1) is 0 Å². The summed E-state index contributed by atoms with van der Waals surface area (Å²) in [5, 5.41) is 34.3. The number of phenols is 2. The number of nitrogens with zero attached hydrogens (tertiary/aromatic N) is 2. The van der Waals surface area contributed by atoms with Crippen molar-refractivity contribution < 1.29 is 27.0 Å². The summed E-state index contributed by atoms with van der Waals surface area (Å²) in [6, 6.07) is 23.3. The second-order valence-electron chi connectivity index (χ2n) is 16.6. The fourth-order valence-corrected chi connectivity index (χ4v) is 11.4. The highest BCUT2D eigenvalue weighted by Gasteiger charge is 2.42. The molecule has 2 fully saturated rings. The van der Waals surface area contributed by atoms with Gasteiger partial charge in [0.25, 0.3) is 21.7 Å². The Bertz CT molecular complexity index is 3190. The van der Waals surface area contributed by atoms with Crippen LogP contribution in [0.1, 0.15) is 61.6 Å². The molecule has 0 saturated heterocycles. The van der Waals surface area contributed by atoms with E-state index >= 15 is 0 Å². The molecule has 0 aromatic heterocycles. The van der Waals surface area contributed by atoms with Crippen molar-refractivity contribution in [3.63, 3.8) is 0 Å². The Morgan fingerprint density at radius 1 is 0.594 bits per heavy atom. The van der Waals surface area contributed by atoms with Crippen LogP contribution < -0.4 is 43.0 Å². The fourth-order valence-electron chi connectivity index (χ4n) is 8.63. The lowest BCUT2D eigenvalue weighted by Gasteiger charge is -2.44. The molecule has 6 aromatic rings. The van der Waals surface area contributed by atoms with Crippen LogP contribution >= 0.6 is 11.6 Å². The normalized spacial score (nSPS) is 16.0. The number of anilines is 6. The topological polar surface area (TPSA) is 232 Å². The molecule has 334 valence electrons. The summed E-state index contributed by atoms with van der Waals surface area (Å²) >= 11 is 6.17. The van der Waals surface area contributed by atoms with Crippen LogP contribution in [0.3, 0.4) is 0 Å². The monoisotopic (exact) mass is 928 g/mol. The summed E-state index contributed by atoms with van der Waals surface area (Å²) in [7, 11) is -4.68. The van der Waals surface area contributed by atoms with E-state index in [0.29, 0.717) is 24.0 Å². The average Bonchev–Trinajstić information content (AvgIpc) is 3.75. The van der Waals surface area contributed by atoms with E-state index < -0.39 is 74.1 Å². The first-order chi connectivity index (χ1) is 30.3. The van der Waals surface area contributed by atoms with Crippen molar-refractivity contribution in [2.75, 3.05) is 42.4 Å². The lowest BCUT2D eigenvalue weighted by atomic mass is 9.71. The van der Waals surface area contributed by atoms with E-state index in [0.717, 1.165) is 46.3 Å². The summed E-state index contributed by atoms with van der Waals surface area (Å²) in [6.07, 6.45) is 5.02. The van der Waals surface area contributed by atoms with Gasteiger partial charge in [0.05, 0.1) is 27.5 Å². The molecule has 64 heavy (non-hydrogen) atoms. The maximum Gasteiger partial charge on any atom is 0.253 e. The smallest absolute Gasteiger partial charge is 0.253 e.